The molecule has 2 aliphatic rings. The minimum atomic E-state index is 0.319. The molecular formula is C14H27N2O2+. The number of carbonyl (C=O) groups is 1. The van der Waals surface area contributed by atoms with Crippen molar-refractivity contribution in [1.82, 2.24) is 4.90 Å². The van der Waals surface area contributed by atoms with Gasteiger partial charge in [-0.15, -0.1) is 0 Å². The number of ether oxygens (including phenoxy) is 1. The number of nitrogens with two attached hydrogens (primary N) is 1. The van der Waals surface area contributed by atoms with Crippen LogP contribution in [0.15, 0.2) is 0 Å². The summed E-state index contributed by atoms with van der Waals surface area (Å²) in [5.74, 6) is 0.319. The third-order valence-electron chi connectivity index (χ3n) is 4.19. The summed E-state index contributed by atoms with van der Waals surface area (Å²) in [6, 6.07) is 0.488. The second kappa shape index (κ2) is 7.10. The van der Waals surface area contributed by atoms with Gasteiger partial charge in [0.1, 0.15) is 12.6 Å². The average molecular weight is 255 g/mol. The minimum Gasteiger partial charge on any atom is -0.372 e. The zero-order valence-electron chi connectivity index (χ0n) is 11.6. The normalized spacial score (nSPS) is 28.6. The fourth-order valence-corrected chi connectivity index (χ4v) is 3.09. The highest BCUT2D eigenvalue weighted by molar-refractivity contribution is 5.77. The highest BCUT2D eigenvalue weighted by Gasteiger charge is 2.26. The molecule has 1 amide bonds. The lowest BCUT2D eigenvalue weighted by Gasteiger charge is -2.34. The standard InChI is InChI=1S/C14H26N2O2/c1-2-12-6-3-4-8-16(12)14(17)11-15-10-13-7-5-9-18-13/h12-13,15H,2-11H2,1H3/p+1/t12-,13+/m1/s1. The molecule has 2 heterocycles. The molecule has 2 fully saturated rings. The van der Waals surface area contributed by atoms with Crippen LogP contribution < -0.4 is 5.32 Å². The summed E-state index contributed by atoms with van der Waals surface area (Å²) in [6.45, 7) is 5.58. The highest BCUT2D eigenvalue weighted by atomic mass is 16.5. The molecular weight excluding hydrogens is 228 g/mol. The van der Waals surface area contributed by atoms with Gasteiger partial charge in [-0.25, -0.2) is 0 Å². The first-order valence-electron chi connectivity index (χ1n) is 7.54. The van der Waals surface area contributed by atoms with E-state index in [9.17, 15) is 4.79 Å². The van der Waals surface area contributed by atoms with E-state index in [1.807, 2.05) is 0 Å². The second-order valence-electron chi connectivity index (χ2n) is 5.51. The Balaban J connectivity index is 1.69. The summed E-state index contributed by atoms with van der Waals surface area (Å²) in [4.78, 5) is 14.3. The van der Waals surface area contributed by atoms with Gasteiger partial charge in [0, 0.05) is 19.2 Å². The van der Waals surface area contributed by atoms with E-state index in [4.69, 9.17) is 4.74 Å². The van der Waals surface area contributed by atoms with Crippen molar-refractivity contribution in [3.8, 4) is 0 Å². The summed E-state index contributed by atoms with van der Waals surface area (Å²) < 4.78 is 5.57. The molecule has 0 radical (unpaired) electrons. The highest BCUT2D eigenvalue weighted by Crippen LogP contribution is 2.18. The Labute approximate surface area is 110 Å². The van der Waals surface area contributed by atoms with Crippen molar-refractivity contribution in [2.45, 2.75) is 57.6 Å². The molecule has 0 bridgehead atoms. The predicted octanol–water partition coefficient (Wildman–Crippen LogP) is 0.520. The van der Waals surface area contributed by atoms with Crippen LogP contribution in [0.5, 0.6) is 0 Å². The molecule has 18 heavy (non-hydrogen) atoms. The first-order valence-corrected chi connectivity index (χ1v) is 7.54. The quantitative estimate of drug-likeness (QED) is 0.778. The van der Waals surface area contributed by atoms with Crippen LogP contribution in [0.3, 0.4) is 0 Å². The van der Waals surface area contributed by atoms with E-state index in [2.05, 4.69) is 17.1 Å². The van der Waals surface area contributed by atoms with Crippen LogP contribution in [0, 0.1) is 0 Å². The van der Waals surface area contributed by atoms with Crippen LogP contribution in [0.4, 0.5) is 0 Å². The first kappa shape index (κ1) is 13.8. The lowest BCUT2D eigenvalue weighted by atomic mass is 10.00. The molecule has 0 aliphatic carbocycles. The maximum atomic E-state index is 12.2. The summed E-state index contributed by atoms with van der Waals surface area (Å²) in [6.07, 6.45) is 7.45. The van der Waals surface area contributed by atoms with Crippen LogP contribution in [-0.4, -0.2) is 49.2 Å². The first-order chi connectivity index (χ1) is 8.81. The summed E-state index contributed by atoms with van der Waals surface area (Å²) >= 11 is 0. The van der Waals surface area contributed by atoms with Crippen molar-refractivity contribution in [1.29, 1.82) is 0 Å². The van der Waals surface area contributed by atoms with Gasteiger partial charge in [0.05, 0.1) is 0 Å². The van der Waals surface area contributed by atoms with Gasteiger partial charge < -0.3 is 15.0 Å². The number of piperidine rings is 1. The Bertz CT molecular complexity index is 265. The third kappa shape index (κ3) is 3.69. The lowest BCUT2D eigenvalue weighted by molar-refractivity contribution is -0.650. The van der Waals surface area contributed by atoms with Gasteiger partial charge in [-0.05, 0) is 38.5 Å². The SMILES string of the molecule is CC[C@@H]1CCCCN1C(=O)C[NH2+]C[C@@H]1CCCO1. The smallest absolute Gasteiger partial charge is 0.277 e. The van der Waals surface area contributed by atoms with E-state index in [0.29, 0.717) is 24.6 Å². The van der Waals surface area contributed by atoms with E-state index in [-0.39, 0.29) is 0 Å². The molecule has 0 unspecified atom stereocenters. The second-order valence-corrected chi connectivity index (χ2v) is 5.51. The van der Waals surface area contributed by atoms with Gasteiger partial charge >= 0.3 is 0 Å². The van der Waals surface area contributed by atoms with Crippen molar-refractivity contribution < 1.29 is 14.8 Å². The molecule has 2 N–H and O–H groups in total. The van der Waals surface area contributed by atoms with Crippen LogP contribution >= 0.6 is 0 Å². The van der Waals surface area contributed by atoms with Crippen molar-refractivity contribution in [3.05, 3.63) is 0 Å². The lowest BCUT2D eigenvalue weighted by Crippen LogP contribution is -2.88. The van der Waals surface area contributed by atoms with Crippen LogP contribution in [0.25, 0.3) is 0 Å². The molecule has 0 aromatic rings. The molecule has 4 nitrogen and oxygen atoms in total. The molecule has 0 spiro atoms. The van der Waals surface area contributed by atoms with E-state index in [1.165, 1.54) is 25.7 Å². The number of nitrogens with zero attached hydrogens (tertiary/aromatic N) is 1. The number of rotatable bonds is 5. The maximum absolute atomic E-state index is 12.2. The Kier molecular flexibility index (Phi) is 5.45. The van der Waals surface area contributed by atoms with E-state index < -0.39 is 0 Å². The zero-order valence-corrected chi connectivity index (χ0v) is 11.6. The zero-order chi connectivity index (χ0) is 12.8. The van der Waals surface area contributed by atoms with Crippen molar-refractivity contribution >= 4 is 5.91 Å². The van der Waals surface area contributed by atoms with Crippen LogP contribution in [0.1, 0.15) is 45.4 Å². The predicted molar refractivity (Wildman–Crippen MR) is 70.3 cm³/mol. The molecule has 4 heteroatoms. The molecule has 0 aromatic carbocycles. The van der Waals surface area contributed by atoms with Crippen molar-refractivity contribution in [2.75, 3.05) is 26.2 Å². The molecule has 2 rings (SSSR count). The average Bonchev–Trinajstić information content (AvgIpc) is 2.91. The van der Waals surface area contributed by atoms with Gasteiger partial charge in [0.2, 0.25) is 0 Å². The summed E-state index contributed by atoms with van der Waals surface area (Å²) in [5.41, 5.74) is 0. The van der Waals surface area contributed by atoms with Crippen molar-refractivity contribution in [3.63, 3.8) is 0 Å². The molecule has 0 aromatic heterocycles. The van der Waals surface area contributed by atoms with Gasteiger partial charge in [0.15, 0.2) is 6.54 Å². The Morgan fingerprint density at radius 2 is 2.22 bits per heavy atom. The summed E-state index contributed by atoms with van der Waals surface area (Å²) in [5, 5.41) is 2.12. The van der Waals surface area contributed by atoms with Crippen LogP contribution in [-0.2, 0) is 9.53 Å². The maximum Gasteiger partial charge on any atom is 0.277 e. The van der Waals surface area contributed by atoms with Gasteiger partial charge in [-0.2, -0.15) is 0 Å². The monoisotopic (exact) mass is 255 g/mol. The number of carbonyl (C=O) groups excluding carboxylic acids is 1. The number of quaternary nitrogens is 1. The van der Waals surface area contributed by atoms with E-state index in [0.717, 1.165) is 32.5 Å². The molecule has 2 saturated heterocycles. The topological polar surface area (TPSA) is 46.2 Å². The summed E-state index contributed by atoms with van der Waals surface area (Å²) in [7, 11) is 0. The molecule has 104 valence electrons. The molecule has 2 aliphatic heterocycles. The van der Waals surface area contributed by atoms with Gasteiger partial charge in [-0.1, -0.05) is 6.92 Å². The Hall–Kier alpha value is -0.610. The van der Waals surface area contributed by atoms with Gasteiger partial charge in [-0.3, -0.25) is 4.79 Å². The number of amides is 1. The fraction of sp³-hybridized carbons (Fsp3) is 0.929. The number of likely N-dealkylation sites (tertiary alicyclic amines) is 1. The molecule has 2 atom stereocenters. The number of hydrogen-bond acceptors (Lipinski definition) is 2. The minimum absolute atomic E-state index is 0.319. The number of hydrogen-bond donors (Lipinski definition) is 1. The Morgan fingerprint density at radius 1 is 1.33 bits per heavy atom. The van der Waals surface area contributed by atoms with Crippen LogP contribution in [0.2, 0.25) is 0 Å². The van der Waals surface area contributed by atoms with E-state index in [1.54, 1.807) is 0 Å². The van der Waals surface area contributed by atoms with Crippen molar-refractivity contribution in [2.24, 2.45) is 0 Å². The molecule has 0 saturated carbocycles. The Morgan fingerprint density at radius 3 is 2.94 bits per heavy atom. The van der Waals surface area contributed by atoms with E-state index >= 15 is 0 Å². The largest absolute Gasteiger partial charge is 0.372 e. The third-order valence-corrected chi connectivity index (χ3v) is 4.19. The van der Waals surface area contributed by atoms with Gasteiger partial charge in [0.25, 0.3) is 5.91 Å². The fourth-order valence-electron chi connectivity index (χ4n) is 3.09.